The van der Waals surface area contributed by atoms with E-state index < -0.39 is 0 Å². The molecule has 0 bridgehead atoms. The van der Waals surface area contributed by atoms with Crippen molar-refractivity contribution in [1.29, 1.82) is 0 Å². The van der Waals surface area contributed by atoms with E-state index in [0.29, 0.717) is 17.9 Å². The first-order valence-corrected chi connectivity index (χ1v) is 6.29. The van der Waals surface area contributed by atoms with Gasteiger partial charge in [0.05, 0.1) is 5.56 Å². The summed E-state index contributed by atoms with van der Waals surface area (Å²) in [5, 5.41) is 13.0. The van der Waals surface area contributed by atoms with Crippen LogP contribution < -0.4 is 5.32 Å². The molecule has 0 aliphatic carbocycles. The maximum Gasteiger partial charge on any atom is 0.166 e. The fourth-order valence-corrected chi connectivity index (χ4v) is 2.38. The van der Waals surface area contributed by atoms with E-state index >= 15 is 0 Å². The molecule has 0 aromatic heterocycles. The van der Waals surface area contributed by atoms with Gasteiger partial charge < -0.3 is 10.4 Å². The van der Waals surface area contributed by atoms with E-state index in [1.807, 2.05) is 0 Å². The molecular formula is C14H19NO2. The first-order valence-electron chi connectivity index (χ1n) is 6.29. The Morgan fingerprint density at radius 2 is 2.12 bits per heavy atom. The number of benzene rings is 1. The lowest BCUT2D eigenvalue weighted by Gasteiger charge is -2.12. The van der Waals surface area contributed by atoms with Crippen molar-refractivity contribution in [2.24, 2.45) is 5.92 Å². The average molecular weight is 233 g/mol. The lowest BCUT2D eigenvalue weighted by molar-refractivity contribution is 0.0955. The molecule has 17 heavy (non-hydrogen) atoms. The lowest BCUT2D eigenvalue weighted by Crippen LogP contribution is -2.15. The van der Waals surface area contributed by atoms with Crippen molar-refractivity contribution in [1.82, 2.24) is 5.32 Å². The number of phenols is 1. The molecule has 1 unspecified atom stereocenters. The predicted molar refractivity (Wildman–Crippen MR) is 67.3 cm³/mol. The van der Waals surface area contributed by atoms with Gasteiger partial charge in [0.25, 0.3) is 0 Å². The minimum absolute atomic E-state index is 0.0648. The van der Waals surface area contributed by atoms with Crippen LogP contribution in [0.2, 0.25) is 0 Å². The zero-order chi connectivity index (χ0) is 12.1. The highest BCUT2D eigenvalue weighted by molar-refractivity contribution is 5.98. The molecule has 0 spiro atoms. The van der Waals surface area contributed by atoms with E-state index in [1.54, 1.807) is 24.3 Å². The largest absolute Gasteiger partial charge is 0.507 e. The highest BCUT2D eigenvalue weighted by Crippen LogP contribution is 2.23. The van der Waals surface area contributed by atoms with Crippen LogP contribution in [0.4, 0.5) is 0 Å². The van der Waals surface area contributed by atoms with Gasteiger partial charge in [0, 0.05) is 6.42 Å². The Bertz CT molecular complexity index is 382. The summed E-state index contributed by atoms with van der Waals surface area (Å²) >= 11 is 0. The number of hydrogen-bond acceptors (Lipinski definition) is 3. The molecule has 1 aromatic carbocycles. The normalized spacial score (nSPS) is 20.8. The molecule has 2 rings (SSSR count). The maximum atomic E-state index is 12.1. The van der Waals surface area contributed by atoms with E-state index in [1.165, 1.54) is 0 Å². The molecule has 1 fully saturated rings. The van der Waals surface area contributed by atoms with Crippen LogP contribution in [0, 0.1) is 5.92 Å². The topological polar surface area (TPSA) is 49.3 Å². The van der Waals surface area contributed by atoms with E-state index in [2.05, 4.69) is 5.32 Å². The number of nitrogens with one attached hydrogen (secondary N) is 1. The molecule has 0 amide bonds. The lowest BCUT2D eigenvalue weighted by atomic mass is 9.92. The number of phenolic OH excluding ortho intramolecular Hbond substituents is 1. The standard InChI is InChI=1S/C14H19NO2/c16-13-6-2-1-5-12(13)14(17)10-11-4-3-8-15-9-7-11/h1-2,5-6,11,15-16H,3-4,7-10H2. The highest BCUT2D eigenvalue weighted by atomic mass is 16.3. The molecule has 92 valence electrons. The van der Waals surface area contributed by atoms with Crippen LogP contribution in [0.1, 0.15) is 36.0 Å². The van der Waals surface area contributed by atoms with Gasteiger partial charge in [0.15, 0.2) is 5.78 Å². The Morgan fingerprint density at radius 1 is 1.29 bits per heavy atom. The number of Topliss-reactive ketones (excluding diaryl/α,β-unsaturated/α-hetero) is 1. The van der Waals surface area contributed by atoms with E-state index in [9.17, 15) is 9.90 Å². The Hall–Kier alpha value is -1.35. The van der Waals surface area contributed by atoms with E-state index in [-0.39, 0.29) is 11.5 Å². The van der Waals surface area contributed by atoms with Gasteiger partial charge in [0.1, 0.15) is 5.75 Å². The maximum absolute atomic E-state index is 12.1. The number of ketones is 1. The summed E-state index contributed by atoms with van der Waals surface area (Å²) < 4.78 is 0. The van der Waals surface area contributed by atoms with Crippen molar-refractivity contribution in [3.05, 3.63) is 29.8 Å². The third-order valence-corrected chi connectivity index (χ3v) is 3.37. The summed E-state index contributed by atoms with van der Waals surface area (Å²) in [6, 6.07) is 6.80. The first-order chi connectivity index (χ1) is 8.27. The molecule has 1 aliphatic heterocycles. The van der Waals surface area contributed by atoms with E-state index in [4.69, 9.17) is 0 Å². The van der Waals surface area contributed by atoms with Crippen LogP contribution in [-0.2, 0) is 0 Å². The van der Waals surface area contributed by atoms with Crippen LogP contribution in [0.25, 0.3) is 0 Å². The molecule has 1 heterocycles. The molecule has 1 saturated heterocycles. The Kier molecular flexibility index (Phi) is 4.15. The summed E-state index contributed by atoms with van der Waals surface area (Å²) in [5.74, 6) is 0.622. The smallest absolute Gasteiger partial charge is 0.166 e. The SMILES string of the molecule is O=C(CC1CCCNCC1)c1ccccc1O. The third-order valence-electron chi connectivity index (χ3n) is 3.37. The van der Waals surface area contributed by atoms with Gasteiger partial charge in [0.2, 0.25) is 0 Å². The monoisotopic (exact) mass is 233 g/mol. The van der Waals surface area contributed by atoms with Crippen molar-refractivity contribution in [2.45, 2.75) is 25.7 Å². The number of carbonyl (C=O) groups excluding carboxylic acids is 1. The average Bonchev–Trinajstić information content (AvgIpc) is 2.58. The van der Waals surface area contributed by atoms with Gasteiger partial charge in [-0.3, -0.25) is 4.79 Å². The van der Waals surface area contributed by atoms with Gasteiger partial charge in [-0.2, -0.15) is 0 Å². The van der Waals surface area contributed by atoms with Crippen molar-refractivity contribution in [3.8, 4) is 5.75 Å². The van der Waals surface area contributed by atoms with Gasteiger partial charge in [-0.05, 0) is 50.4 Å². The van der Waals surface area contributed by atoms with Crippen LogP contribution in [-0.4, -0.2) is 24.0 Å². The highest BCUT2D eigenvalue weighted by Gasteiger charge is 2.18. The molecule has 0 radical (unpaired) electrons. The Labute approximate surface area is 102 Å². The second-order valence-corrected chi connectivity index (χ2v) is 4.69. The number of rotatable bonds is 3. The van der Waals surface area contributed by atoms with Crippen molar-refractivity contribution >= 4 is 5.78 Å². The van der Waals surface area contributed by atoms with Gasteiger partial charge in [-0.1, -0.05) is 12.1 Å². The molecule has 3 nitrogen and oxygen atoms in total. The van der Waals surface area contributed by atoms with Gasteiger partial charge in [-0.25, -0.2) is 0 Å². The molecule has 1 aromatic rings. The van der Waals surface area contributed by atoms with Crippen LogP contribution in [0.15, 0.2) is 24.3 Å². The number of carbonyl (C=O) groups is 1. The molecule has 3 heteroatoms. The third kappa shape index (κ3) is 3.30. The van der Waals surface area contributed by atoms with Crippen molar-refractivity contribution in [2.75, 3.05) is 13.1 Å². The van der Waals surface area contributed by atoms with Crippen LogP contribution in [0.3, 0.4) is 0 Å². The van der Waals surface area contributed by atoms with Crippen LogP contribution >= 0.6 is 0 Å². The predicted octanol–water partition coefficient (Wildman–Crippen LogP) is 2.35. The number of hydrogen-bond donors (Lipinski definition) is 2. The summed E-state index contributed by atoms with van der Waals surface area (Å²) in [5.41, 5.74) is 0.463. The zero-order valence-corrected chi connectivity index (χ0v) is 9.98. The molecule has 0 saturated carbocycles. The van der Waals surface area contributed by atoms with Gasteiger partial charge in [-0.15, -0.1) is 0 Å². The van der Waals surface area contributed by atoms with Gasteiger partial charge >= 0.3 is 0 Å². The van der Waals surface area contributed by atoms with Crippen LogP contribution in [0.5, 0.6) is 5.75 Å². The summed E-state index contributed by atoms with van der Waals surface area (Å²) in [7, 11) is 0. The first kappa shape index (κ1) is 12.1. The molecular weight excluding hydrogens is 214 g/mol. The quantitative estimate of drug-likeness (QED) is 0.788. The summed E-state index contributed by atoms with van der Waals surface area (Å²) in [6.45, 7) is 2.06. The molecule has 2 N–H and O–H groups in total. The fourth-order valence-electron chi connectivity index (χ4n) is 2.38. The Balaban J connectivity index is 1.98. The molecule has 1 atom stereocenters. The minimum Gasteiger partial charge on any atom is -0.507 e. The second kappa shape index (κ2) is 5.82. The van der Waals surface area contributed by atoms with Crippen molar-refractivity contribution < 1.29 is 9.90 Å². The fraction of sp³-hybridized carbons (Fsp3) is 0.500. The summed E-state index contributed by atoms with van der Waals surface area (Å²) in [4.78, 5) is 12.1. The second-order valence-electron chi connectivity index (χ2n) is 4.69. The van der Waals surface area contributed by atoms with E-state index in [0.717, 1.165) is 32.4 Å². The zero-order valence-electron chi connectivity index (χ0n) is 9.98. The number of para-hydroxylation sites is 1. The summed E-state index contributed by atoms with van der Waals surface area (Å²) in [6.07, 6.45) is 3.85. The van der Waals surface area contributed by atoms with Crippen molar-refractivity contribution in [3.63, 3.8) is 0 Å². The number of aromatic hydroxyl groups is 1. The minimum atomic E-state index is 0.0648. The molecule has 1 aliphatic rings. The Morgan fingerprint density at radius 3 is 2.94 bits per heavy atom.